The quantitative estimate of drug-likeness (QED) is 0.334. The van der Waals surface area contributed by atoms with Crippen LogP contribution in [0.2, 0.25) is 0 Å². The zero-order valence-corrected chi connectivity index (χ0v) is 26.2. The predicted octanol–water partition coefficient (Wildman–Crippen LogP) is 4.33. The summed E-state index contributed by atoms with van der Waals surface area (Å²) in [7, 11) is -0.933. The van der Waals surface area contributed by atoms with Crippen molar-refractivity contribution in [1.82, 2.24) is 10.2 Å². The predicted molar refractivity (Wildman–Crippen MR) is 165 cm³/mol. The molecule has 0 aliphatic rings. The zero-order chi connectivity index (χ0) is 31.1. The lowest BCUT2D eigenvalue weighted by Crippen LogP contribution is -2.56. The fraction of sp³-hybridized carbons (Fsp3) is 0.375. The Hall–Kier alpha value is -4.05. The molecule has 9 nitrogen and oxygen atoms in total. The molecule has 1 atom stereocenters. The lowest BCUT2D eigenvalue weighted by molar-refractivity contribution is -0.140. The number of carbonyl (C=O) groups is 2. The Kier molecular flexibility index (Phi) is 10.6. The first-order chi connectivity index (χ1) is 19.7. The van der Waals surface area contributed by atoms with E-state index in [4.69, 9.17) is 9.47 Å². The van der Waals surface area contributed by atoms with E-state index in [1.165, 1.54) is 12.0 Å². The molecule has 1 N–H and O–H groups in total. The van der Waals surface area contributed by atoms with Crippen molar-refractivity contribution >= 4 is 27.5 Å². The van der Waals surface area contributed by atoms with Gasteiger partial charge in [0.25, 0.3) is 0 Å². The molecule has 42 heavy (non-hydrogen) atoms. The van der Waals surface area contributed by atoms with Crippen molar-refractivity contribution in [3.05, 3.63) is 89.5 Å². The van der Waals surface area contributed by atoms with Crippen LogP contribution in [0.4, 0.5) is 5.69 Å². The van der Waals surface area contributed by atoms with Gasteiger partial charge in [0.05, 0.1) is 26.2 Å². The van der Waals surface area contributed by atoms with E-state index in [2.05, 4.69) is 5.32 Å². The van der Waals surface area contributed by atoms with E-state index in [9.17, 15) is 18.0 Å². The fourth-order valence-corrected chi connectivity index (χ4v) is 5.41. The van der Waals surface area contributed by atoms with Gasteiger partial charge in [-0.25, -0.2) is 8.42 Å². The van der Waals surface area contributed by atoms with Crippen LogP contribution >= 0.6 is 0 Å². The minimum Gasteiger partial charge on any atom is -0.497 e. The Balaban J connectivity index is 2.13. The molecule has 0 fully saturated rings. The second kappa shape index (κ2) is 13.7. The minimum atomic E-state index is -3.93. The van der Waals surface area contributed by atoms with Crippen molar-refractivity contribution in [3.63, 3.8) is 0 Å². The van der Waals surface area contributed by atoms with Crippen molar-refractivity contribution in [2.45, 2.75) is 52.2 Å². The summed E-state index contributed by atoms with van der Waals surface area (Å²) in [5, 5.41) is 3.01. The van der Waals surface area contributed by atoms with Gasteiger partial charge in [0.2, 0.25) is 21.8 Å². The fourth-order valence-electron chi connectivity index (χ4n) is 4.56. The summed E-state index contributed by atoms with van der Waals surface area (Å²) in [6, 6.07) is 20.8. The maximum Gasteiger partial charge on any atom is 0.244 e. The normalized spacial score (nSPS) is 12.3. The molecule has 10 heteroatoms. The van der Waals surface area contributed by atoms with E-state index in [1.54, 1.807) is 43.5 Å². The van der Waals surface area contributed by atoms with Gasteiger partial charge in [-0.3, -0.25) is 13.9 Å². The highest BCUT2D eigenvalue weighted by Crippen LogP contribution is 2.31. The molecular weight excluding hydrogens is 554 g/mol. The first kappa shape index (κ1) is 32.5. The second-order valence-electron chi connectivity index (χ2n) is 11.3. The lowest BCUT2D eigenvalue weighted by Gasteiger charge is -2.35. The van der Waals surface area contributed by atoms with Gasteiger partial charge in [-0.05, 0) is 68.7 Å². The van der Waals surface area contributed by atoms with Gasteiger partial charge < -0.3 is 19.7 Å². The van der Waals surface area contributed by atoms with E-state index in [-0.39, 0.29) is 24.6 Å². The summed E-state index contributed by atoms with van der Waals surface area (Å²) in [6.07, 6.45) is 1.27. The van der Waals surface area contributed by atoms with Crippen LogP contribution in [0.3, 0.4) is 0 Å². The van der Waals surface area contributed by atoms with Gasteiger partial charge in [-0.2, -0.15) is 0 Å². The maximum absolute atomic E-state index is 14.3. The SMILES string of the molecule is COc1cccc(CN(C(=O)CN(c2cc(C)ccc2OC)S(C)(=O)=O)C(Cc2ccccc2)C(=O)NC(C)(C)C)c1. The number of ether oxygens (including phenoxy) is 2. The van der Waals surface area contributed by atoms with Gasteiger partial charge >= 0.3 is 0 Å². The Bertz CT molecular complexity index is 1490. The monoisotopic (exact) mass is 595 g/mol. The van der Waals surface area contributed by atoms with E-state index in [1.807, 2.05) is 64.1 Å². The molecule has 0 saturated carbocycles. The third-order valence-corrected chi connectivity index (χ3v) is 7.67. The van der Waals surface area contributed by atoms with Crippen LogP contribution in [-0.2, 0) is 32.6 Å². The summed E-state index contributed by atoms with van der Waals surface area (Å²) in [5.74, 6) is 0.0174. The summed E-state index contributed by atoms with van der Waals surface area (Å²) in [4.78, 5) is 29.6. The molecule has 1 unspecified atom stereocenters. The molecule has 0 bridgehead atoms. The molecule has 2 amide bonds. The molecule has 0 aliphatic carbocycles. The number of amides is 2. The molecular formula is C32H41N3O6S. The van der Waals surface area contributed by atoms with Crippen LogP contribution in [0.25, 0.3) is 0 Å². The Morgan fingerprint density at radius 2 is 1.57 bits per heavy atom. The molecule has 3 rings (SSSR count). The van der Waals surface area contributed by atoms with Crippen LogP contribution in [0.1, 0.15) is 37.5 Å². The number of aryl methyl sites for hydroxylation is 1. The number of hydrogen-bond donors (Lipinski definition) is 1. The summed E-state index contributed by atoms with van der Waals surface area (Å²) >= 11 is 0. The van der Waals surface area contributed by atoms with Crippen LogP contribution < -0.4 is 19.1 Å². The summed E-state index contributed by atoms with van der Waals surface area (Å²) < 4.78 is 38.1. The van der Waals surface area contributed by atoms with Crippen molar-refractivity contribution in [2.75, 3.05) is 31.3 Å². The largest absolute Gasteiger partial charge is 0.497 e. The highest BCUT2D eigenvalue weighted by molar-refractivity contribution is 7.92. The number of methoxy groups -OCH3 is 2. The molecule has 3 aromatic rings. The van der Waals surface area contributed by atoms with Gasteiger partial charge in [-0.15, -0.1) is 0 Å². The van der Waals surface area contributed by atoms with Crippen molar-refractivity contribution in [2.24, 2.45) is 0 Å². The minimum absolute atomic E-state index is 0.0493. The number of sulfonamides is 1. The molecule has 0 heterocycles. The highest BCUT2D eigenvalue weighted by atomic mass is 32.2. The number of rotatable bonds is 12. The standard InChI is InChI=1S/C32H41N3O6S/c1-23-16-17-29(41-6)27(18-23)35(42(7,38)39)22-30(36)34(21-25-14-11-15-26(19-25)40-5)28(31(37)33-32(2,3)4)20-24-12-9-8-10-13-24/h8-19,28H,20-22H2,1-7H3,(H,33,37). The van der Waals surface area contributed by atoms with Crippen molar-refractivity contribution in [3.8, 4) is 11.5 Å². The zero-order valence-electron chi connectivity index (χ0n) is 25.4. The first-order valence-electron chi connectivity index (χ1n) is 13.6. The first-order valence-corrected chi connectivity index (χ1v) is 15.5. The van der Waals surface area contributed by atoms with Crippen LogP contribution in [0.5, 0.6) is 11.5 Å². The van der Waals surface area contributed by atoms with Crippen LogP contribution in [0, 0.1) is 6.92 Å². The summed E-state index contributed by atoms with van der Waals surface area (Å²) in [5.41, 5.74) is 2.06. The molecule has 0 spiro atoms. The smallest absolute Gasteiger partial charge is 0.244 e. The molecule has 3 aromatic carbocycles. The third-order valence-electron chi connectivity index (χ3n) is 6.54. The molecule has 0 radical (unpaired) electrons. The van der Waals surface area contributed by atoms with Gasteiger partial charge in [-0.1, -0.05) is 48.5 Å². The number of carbonyl (C=O) groups excluding carboxylic acids is 2. The number of hydrogen-bond acceptors (Lipinski definition) is 6. The van der Waals surface area contributed by atoms with Crippen molar-refractivity contribution in [1.29, 1.82) is 0 Å². The molecule has 226 valence electrons. The van der Waals surface area contributed by atoms with Gasteiger partial charge in [0.1, 0.15) is 24.1 Å². The molecule has 0 aliphatic heterocycles. The second-order valence-corrected chi connectivity index (χ2v) is 13.2. The van der Waals surface area contributed by atoms with E-state index >= 15 is 0 Å². The Labute approximate surface area is 249 Å². The molecule has 0 saturated heterocycles. The van der Waals surface area contributed by atoms with Crippen molar-refractivity contribution < 1.29 is 27.5 Å². The Morgan fingerprint density at radius 3 is 2.17 bits per heavy atom. The highest BCUT2D eigenvalue weighted by Gasteiger charge is 2.35. The number of benzene rings is 3. The van der Waals surface area contributed by atoms with E-state index < -0.39 is 34.1 Å². The van der Waals surface area contributed by atoms with E-state index in [0.29, 0.717) is 11.5 Å². The number of nitrogens with one attached hydrogen (secondary N) is 1. The Morgan fingerprint density at radius 1 is 0.905 bits per heavy atom. The molecule has 0 aromatic heterocycles. The van der Waals surface area contributed by atoms with E-state index in [0.717, 1.165) is 27.3 Å². The third kappa shape index (κ3) is 8.97. The average Bonchev–Trinajstić information content (AvgIpc) is 2.92. The maximum atomic E-state index is 14.3. The van der Waals surface area contributed by atoms with Gasteiger partial charge in [0.15, 0.2) is 0 Å². The number of anilines is 1. The van der Waals surface area contributed by atoms with Gasteiger partial charge in [0, 0.05) is 18.5 Å². The van der Waals surface area contributed by atoms with Crippen LogP contribution in [0.15, 0.2) is 72.8 Å². The number of nitrogens with zero attached hydrogens (tertiary/aromatic N) is 2. The van der Waals surface area contributed by atoms with Crippen LogP contribution in [-0.4, -0.2) is 63.7 Å². The lowest BCUT2D eigenvalue weighted by atomic mass is 10.0. The summed E-state index contributed by atoms with van der Waals surface area (Å²) in [6.45, 7) is 6.95. The topological polar surface area (TPSA) is 105 Å². The average molecular weight is 596 g/mol.